The van der Waals surface area contributed by atoms with Crippen molar-refractivity contribution in [2.75, 3.05) is 0 Å². The highest BCUT2D eigenvalue weighted by Crippen LogP contribution is 2.32. The molecule has 0 unspecified atom stereocenters. The average molecular weight is 310 g/mol. The topological polar surface area (TPSA) is 25.2 Å². The quantitative estimate of drug-likeness (QED) is 0.920. The van der Waals surface area contributed by atoms with Gasteiger partial charge in [-0.25, -0.2) is 4.39 Å². The molecule has 1 aliphatic rings. The normalized spacial score (nSPS) is 15.0. The van der Waals surface area contributed by atoms with Crippen LogP contribution in [0.1, 0.15) is 18.4 Å². The van der Waals surface area contributed by atoms with Gasteiger partial charge < -0.3 is 9.73 Å². The molecule has 18 heavy (non-hydrogen) atoms. The first-order valence-corrected chi connectivity index (χ1v) is 6.78. The van der Waals surface area contributed by atoms with Crippen molar-refractivity contribution >= 4 is 15.9 Å². The van der Waals surface area contributed by atoms with Gasteiger partial charge in [-0.3, -0.25) is 0 Å². The van der Waals surface area contributed by atoms with E-state index in [1.807, 2.05) is 6.07 Å². The maximum absolute atomic E-state index is 13.4. The number of hydrogen-bond acceptors (Lipinski definition) is 2. The number of halogens is 2. The second-order valence-electron chi connectivity index (χ2n) is 4.55. The SMILES string of the molecule is Fc1ccc(-c2occc2Br)c(CNC2CC2)c1. The van der Waals surface area contributed by atoms with Crippen LogP contribution in [-0.4, -0.2) is 6.04 Å². The van der Waals surface area contributed by atoms with Gasteiger partial charge in [-0.15, -0.1) is 0 Å². The van der Waals surface area contributed by atoms with Crippen molar-refractivity contribution in [3.8, 4) is 11.3 Å². The van der Waals surface area contributed by atoms with E-state index in [1.54, 1.807) is 18.4 Å². The Morgan fingerprint density at radius 3 is 2.83 bits per heavy atom. The van der Waals surface area contributed by atoms with Crippen LogP contribution < -0.4 is 5.32 Å². The van der Waals surface area contributed by atoms with Crippen molar-refractivity contribution in [2.24, 2.45) is 0 Å². The molecule has 1 aliphatic carbocycles. The average Bonchev–Trinajstić information content (AvgIpc) is 3.09. The summed E-state index contributed by atoms with van der Waals surface area (Å²) in [6, 6.07) is 7.24. The lowest BCUT2D eigenvalue weighted by molar-refractivity contribution is 0.577. The van der Waals surface area contributed by atoms with E-state index in [9.17, 15) is 4.39 Å². The molecular weight excluding hydrogens is 297 g/mol. The summed E-state index contributed by atoms with van der Waals surface area (Å²) in [7, 11) is 0. The molecule has 1 aromatic carbocycles. The Morgan fingerprint density at radius 2 is 2.17 bits per heavy atom. The summed E-state index contributed by atoms with van der Waals surface area (Å²) in [5.41, 5.74) is 1.86. The summed E-state index contributed by atoms with van der Waals surface area (Å²) >= 11 is 3.44. The third kappa shape index (κ3) is 2.49. The van der Waals surface area contributed by atoms with E-state index in [0.29, 0.717) is 12.6 Å². The highest BCUT2D eigenvalue weighted by atomic mass is 79.9. The van der Waals surface area contributed by atoms with Crippen molar-refractivity contribution in [1.29, 1.82) is 0 Å². The van der Waals surface area contributed by atoms with Crippen LogP contribution in [0.25, 0.3) is 11.3 Å². The molecular formula is C14H13BrFNO. The van der Waals surface area contributed by atoms with Crippen molar-refractivity contribution in [2.45, 2.75) is 25.4 Å². The van der Waals surface area contributed by atoms with Gasteiger partial charge in [0.25, 0.3) is 0 Å². The molecule has 1 heterocycles. The minimum atomic E-state index is -0.214. The van der Waals surface area contributed by atoms with E-state index < -0.39 is 0 Å². The van der Waals surface area contributed by atoms with Gasteiger partial charge in [-0.05, 0) is 58.6 Å². The fourth-order valence-electron chi connectivity index (χ4n) is 1.96. The van der Waals surface area contributed by atoms with E-state index in [4.69, 9.17) is 4.42 Å². The summed E-state index contributed by atoms with van der Waals surface area (Å²) in [5.74, 6) is 0.539. The van der Waals surface area contributed by atoms with Crippen LogP contribution in [0.5, 0.6) is 0 Å². The summed E-state index contributed by atoms with van der Waals surface area (Å²) in [6.45, 7) is 0.672. The van der Waals surface area contributed by atoms with Crippen LogP contribution in [0.4, 0.5) is 4.39 Å². The van der Waals surface area contributed by atoms with Gasteiger partial charge in [-0.2, -0.15) is 0 Å². The molecule has 0 bridgehead atoms. The Kier molecular flexibility index (Phi) is 3.22. The van der Waals surface area contributed by atoms with Gasteiger partial charge in [0, 0.05) is 18.2 Å². The van der Waals surface area contributed by atoms with Crippen LogP contribution in [0.2, 0.25) is 0 Å². The Morgan fingerprint density at radius 1 is 1.33 bits per heavy atom. The van der Waals surface area contributed by atoms with Crippen molar-refractivity contribution in [1.82, 2.24) is 5.32 Å². The monoisotopic (exact) mass is 309 g/mol. The Bertz CT molecular complexity index is 563. The second-order valence-corrected chi connectivity index (χ2v) is 5.41. The van der Waals surface area contributed by atoms with Crippen LogP contribution in [0, 0.1) is 5.82 Å². The van der Waals surface area contributed by atoms with Gasteiger partial charge in [-0.1, -0.05) is 0 Å². The molecule has 94 valence electrons. The molecule has 1 saturated carbocycles. The van der Waals surface area contributed by atoms with Gasteiger partial charge in [0.1, 0.15) is 11.6 Å². The van der Waals surface area contributed by atoms with Crippen LogP contribution in [-0.2, 0) is 6.54 Å². The smallest absolute Gasteiger partial charge is 0.148 e. The Labute approximate surface area is 113 Å². The second kappa shape index (κ2) is 4.86. The fraction of sp³-hybridized carbons (Fsp3) is 0.286. The molecule has 1 aromatic heterocycles. The van der Waals surface area contributed by atoms with Gasteiger partial charge >= 0.3 is 0 Å². The van der Waals surface area contributed by atoms with E-state index in [2.05, 4.69) is 21.2 Å². The Balaban J connectivity index is 1.94. The first-order chi connectivity index (χ1) is 8.74. The third-order valence-corrected chi connectivity index (χ3v) is 3.71. The molecule has 0 radical (unpaired) electrons. The summed E-state index contributed by atoms with van der Waals surface area (Å²) < 4.78 is 19.7. The molecule has 4 heteroatoms. The van der Waals surface area contributed by atoms with Crippen LogP contribution in [0.3, 0.4) is 0 Å². The number of furan rings is 1. The molecule has 0 amide bonds. The zero-order valence-electron chi connectivity index (χ0n) is 9.75. The van der Waals surface area contributed by atoms with Crippen molar-refractivity contribution in [3.05, 3.63) is 46.4 Å². The summed E-state index contributed by atoms with van der Waals surface area (Å²) in [6.07, 6.45) is 4.06. The van der Waals surface area contributed by atoms with E-state index in [0.717, 1.165) is 21.4 Å². The summed E-state index contributed by atoms with van der Waals surface area (Å²) in [5, 5.41) is 3.40. The maximum atomic E-state index is 13.4. The summed E-state index contributed by atoms with van der Waals surface area (Å²) in [4.78, 5) is 0. The predicted octanol–water partition coefficient (Wildman–Crippen LogP) is 4.10. The first-order valence-electron chi connectivity index (χ1n) is 5.99. The zero-order valence-corrected chi connectivity index (χ0v) is 11.3. The predicted molar refractivity (Wildman–Crippen MR) is 71.7 cm³/mol. The molecule has 2 aromatic rings. The first kappa shape index (κ1) is 11.9. The number of benzene rings is 1. The van der Waals surface area contributed by atoms with Crippen molar-refractivity contribution in [3.63, 3.8) is 0 Å². The highest BCUT2D eigenvalue weighted by molar-refractivity contribution is 9.10. The molecule has 1 fully saturated rings. The fourth-order valence-corrected chi connectivity index (χ4v) is 2.37. The standard InChI is InChI=1S/C14H13BrFNO/c15-13-5-6-18-14(13)12-4-1-10(16)7-9(12)8-17-11-2-3-11/h1,4-7,11,17H,2-3,8H2. The highest BCUT2D eigenvalue weighted by Gasteiger charge is 2.21. The number of nitrogens with one attached hydrogen (secondary N) is 1. The van der Waals surface area contributed by atoms with Gasteiger partial charge in [0.15, 0.2) is 0 Å². The molecule has 0 aliphatic heterocycles. The number of hydrogen-bond donors (Lipinski definition) is 1. The van der Waals surface area contributed by atoms with Crippen LogP contribution in [0.15, 0.2) is 39.4 Å². The van der Waals surface area contributed by atoms with Gasteiger partial charge in [0.2, 0.25) is 0 Å². The molecule has 0 atom stereocenters. The molecule has 3 rings (SSSR count). The molecule has 1 N–H and O–H groups in total. The van der Waals surface area contributed by atoms with Crippen molar-refractivity contribution < 1.29 is 8.81 Å². The lowest BCUT2D eigenvalue weighted by atomic mass is 10.0. The molecule has 0 spiro atoms. The molecule has 0 saturated heterocycles. The number of rotatable bonds is 4. The minimum Gasteiger partial charge on any atom is -0.463 e. The Hall–Kier alpha value is -1.13. The van der Waals surface area contributed by atoms with E-state index in [-0.39, 0.29) is 5.82 Å². The molecule has 2 nitrogen and oxygen atoms in total. The maximum Gasteiger partial charge on any atom is 0.148 e. The lowest BCUT2D eigenvalue weighted by Gasteiger charge is -2.09. The third-order valence-electron chi connectivity index (χ3n) is 3.09. The van der Waals surface area contributed by atoms with Crippen LogP contribution >= 0.6 is 15.9 Å². The van der Waals surface area contributed by atoms with E-state index >= 15 is 0 Å². The largest absolute Gasteiger partial charge is 0.463 e. The van der Waals surface area contributed by atoms with Gasteiger partial charge in [0.05, 0.1) is 10.7 Å². The minimum absolute atomic E-state index is 0.214. The zero-order chi connectivity index (χ0) is 12.5. The van der Waals surface area contributed by atoms with E-state index in [1.165, 1.54) is 18.9 Å². The lowest BCUT2D eigenvalue weighted by Crippen LogP contribution is -2.16.